The van der Waals surface area contributed by atoms with Gasteiger partial charge in [0, 0.05) is 32.4 Å². The summed E-state index contributed by atoms with van der Waals surface area (Å²) < 4.78 is 5.93. The molecule has 2 atom stereocenters. The van der Waals surface area contributed by atoms with Gasteiger partial charge in [-0.15, -0.1) is 0 Å². The van der Waals surface area contributed by atoms with E-state index in [9.17, 15) is 4.79 Å². The second-order valence-electron chi connectivity index (χ2n) is 6.69. The van der Waals surface area contributed by atoms with Crippen molar-refractivity contribution in [3.05, 3.63) is 59.7 Å². The van der Waals surface area contributed by atoms with Crippen LogP contribution < -0.4 is 0 Å². The van der Waals surface area contributed by atoms with Crippen LogP contribution in [0.5, 0.6) is 0 Å². The number of hydrogen-bond acceptors (Lipinski definition) is 5. The molecule has 2 aliphatic heterocycles. The number of amides is 1. The van der Waals surface area contributed by atoms with E-state index in [2.05, 4.69) is 39.1 Å². The lowest BCUT2D eigenvalue weighted by Gasteiger charge is -2.36. The largest absolute Gasteiger partial charge is 0.373 e. The van der Waals surface area contributed by atoms with Crippen LogP contribution >= 0.6 is 0 Å². The van der Waals surface area contributed by atoms with Gasteiger partial charge in [-0.3, -0.25) is 14.7 Å². The van der Waals surface area contributed by atoms with E-state index in [0.717, 1.165) is 18.8 Å². The Morgan fingerprint density at radius 1 is 1.20 bits per heavy atom. The number of benzene rings is 1. The molecule has 0 spiro atoms. The average molecular weight is 338 g/mol. The fourth-order valence-electron chi connectivity index (χ4n) is 3.60. The van der Waals surface area contributed by atoms with Gasteiger partial charge in [0.2, 0.25) is 0 Å². The van der Waals surface area contributed by atoms with Crippen molar-refractivity contribution < 1.29 is 9.53 Å². The van der Waals surface area contributed by atoms with Gasteiger partial charge in [-0.2, -0.15) is 0 Å². The van der Waals surface area contributed by atoms with Gasteiger partial charge in [0.25, 0.3) is 5.91 Å². The highest BCUT2D eigenvalue weighted by molar-refractivity contribution is 5.92. The number of fused-ring (bicyclic) bond motifs is 1. The summed E-state index contributed by atoms with van der Waals surface area (Å²) in [5, 5.41) is 0. The zero-order valence-electron chi connectivity index (χ0n) is 14.3. The van der Waals surface area contributed by atoms with Crippen molar-refractivity contribution in [1.82, 2.24) is 19.8 Å². The Labute approximate surface area is 147 Å². The Balaban J connectivity index is 1.47. The van der Waals surface area contributed by atoms with Crippen LogP contribution in [-0.4, -0.2) is 64.1 Å². The van der Waals surface area contributed by atoms with Crippen molar-refractivity contribution in [1.29, 1.82) is 0 Å². The molecule has 3 heterocycles. The maximum atomic E-state index is 12.7. The molecule has 2 saturated heterocycles. The minimum absolute atomic E-state index is 0.0647. The second-order valence-corrected chi connectivity index (χ2v) is 6.69. The molecule has 0 unspecified atom stereocenters. The Bertz CT molecular complexity index is 735. The van der Waals surface area contributed by atoms with Crippen LogP contribution in [0.25, 0.3) is 0 Å². The monoisotopic (exact) mass is 338 g/mol. The maximum Gasteiger partial charge on any atom is 0.274 e. The molecule has 6 heteroatoms. The predicted octanol–water partition coefficient (Wildman–Crippen LogP) is 1.51. The highest BCUT2D eigenvalue weighted by Gasteiger charge is 2.42. The van der Waals surface area contributed by atoms with Crippen LogP contribution in [0.15, 0.2) is 42.7 Å². The third kappa shape index (κ3) is 3.41. The molecule has 0 saturated carbocycles. The number of morpholine rings is 1. The smallest absolute Gasteiger partial charge is 0.274 e. The fraction of sp³-hybridized carbons (Fsp3) is 0.421. The summed E-state index contributed by atoms with van der Waals surface area (Å²) in [6.45, 7) is 5.64. The van der Waals surface area contributed by atoms with Crippen molar-refractivity contribution in [2.24, 2.45) is 0 Å². The Hall–Kier alpha value is -2.31. The summed E-state index contributed by atoms with van der Waals surface area (Å²) in [4.78, 5) is 25.4. The standard InChI is InChI=1S/C19H22N4O2/c1-14-9-21-16(10-20-14)19(24)23-12-17-18(13-23)25-8-7-22(17)11-15-5-3-2-4-6-15/h2-6,9-10,17-18H,7-8,11-13H2,1H3/t17-,18+/m0/s1. The molecule has 0 radical (unpaired) electrons. The number of carbonyl (C=O) groups is 1. The molecule has 4 rings (SSSR count). The van der Waals surface area contributed by atoms with Gasteiger partial charge in [0.15, 0.2) is 0 Å². The van der Waals surface area contributed by atoms with Gasteiger partial charge in [0.1, 0.15) is 5.69 Å². The predicted molar refractivity (Wildman–Crippen MR) is 93.1 cm³/mol. The number of hydrogen-bond donors (Lipinski definition) is 0. The van der Waals surface area contributed by atoms with Gasteiger partial charge in [0.05, 0.1) is 30.6 Å². The number of rotatable bonds is 3. The van der Waals surface area contributed by atoms with Gasteiger partial charge < -0.3 is 9.64 Å². The Kier molecular flexibility index (Phi) is 4.46. The maximum absolute atomic E-state index is 12.7. The van der Waals surface area contributed by atoms with Gasteiger partial charge in [-0.05, 0) is 12.5 Å². The molecular formula is C19H22N4O2. The molecule has 1 amide bonds. The molecule has 130 valence electrons. The lowest BCUT2D eigenvalue weighted by Crippen LogP contribution is -2.50. The van der Waals surface area contributed by atoms with Crippen LogP contribution in [-0.2, 0) is 11.3 Å². The van der Waals surface area contributed by atoms with Crippen molar-refractivity contribution in [2.75, 3.05) is 26.2 Å². The quantitative estimate of drug-likeness (QED) is 0.849. The summed E-state index contributed by atoms with van der Waals surface area (Å²) in [6.07, 6.45) is 3.26. The fourth-order valence-corrected chi connectivity index (χ4v) is 3.60. The van der Waals surface area contributed by atoms with Gasteiger partial charge >= 0.3 is 0 Å². The zero-order valence-corrected chi connectivity index (χ0v) is 14.3. The van der Waals surface area contributed by atoms with Crippen molar-refractivity contribution >= 4 is 5.91 Å². The van der Waals surface area contributed by atoms with Gasteiger partial charge in [-0.25, -0.2) is 4.98 Å². The van der Waals surface area contributed by atoms with E-state index in [1.165, 1.54) is 5.56 Å². The lowest BCUT2D eigenvalue weighted by atomic mass is 10.1. The Morgan fingerprint density at radius 2 is 2.04 bits per heavy atom. The van der Waals surface area contributed by atoms with Crippen LogP contribution in [0.2, 0.25) is 0 Å². The van der Waals surface area contributed by atoms with Crippen molar-refractivity contribution in [2.45, 2.75) is 25.6 Å². The number of aromatic nitrogens is 2. The van der Waals surface area contributed by atoms with Crippen LogP contribution in [0.4, 0.5) is 0 Å². The first-order chi connectivity index (χ1) is 12.2. The first kappa shape index (κ1) is 16.2. The summed E-state index contributed by atoms with van der Waals surface area (Å²) in [5.41, 5.74) is 2.50. The van der Waals surface area contributed by atoms with Crippen LogP contribution in [0.3, 0.4) is 0 Å². The normalized spacial score (nSPS) is 23.5. The molecule has 0 aliphatic carbocycles. The minimum Gasteiger partial charge on any atom is -0.373 e. The molecule has 2 aromatic rings. The van der Waals surface area contributed by atoms with E-state index in [-0.39, 0.29) is 18.1 Å². The zero-order chi connectivity index (χ0) is 17.2. The minimum atomic E-state index is -0.0647. The number of nitrogens with zero attached hydrogens (tertiary/aromatic N) is 4. The summed E-state index contributed by atoms with van der Waals surface area (Å²) >= 11 is 0. The summed E-state index contributed by atoms with van der Waals surface area (Å²) in [6, 6.07) is 10.7. The third-order valence-corrected chi connectivity index (χ3v) is 4.93. The number of likely N-dealkylation sites (tertiary alicyclic amines) is 1. The van der Waals surface area contributed by atoms with E-state index in [1.54, 1.807) is 12.4 Å². The van der Waals surface area contributed by atoms with E-state index in [4.69, 9.17) is 4.74 Å². The van der Waals surface area contributed by atoms with Crippen LogP contribution in [0.1, 0.15) is 21.7 Å². The van der Waals surface area contributed by atoms with Gasteiger partial charge in [-0.1, -0.05) is 30.3 Å². The SMILES string of the molecule is Cc1cnc(C(=O)N2C[C@H]3OCCN(Cc4ccccc4)[C@H]3C2)cn1. The third-order valence-electron chi connectivity index (χ3n) is 4.93. The molecule has 2 aliphatic rings. The molecule has 6 nitrogen and oxygen atoms in total. The molecular weight excluding hydrogens is 316 g/mol. The summed E-state index contributed by atoms with van der Waals surface area (Å²) in [7, 11) is 0. The van der Waals surface area contributed by atoms with E-state index >= 15 is 0 Å². The molecule has 0 N–H and O–H groups in total. The van der Waals surface area contributed by atoms with Crippen LogP contribution in [0, 0.1) is 6.92 Å². The molecule has 2 fully saturated rings. The van der Waals surface area contributed by atoms with Crippen molar-refractivity contribution in [3.8, 4) is 0 Å². The lowest BCUT2D eigenvalue weighted by molar-refractivity contribution is -0.0503. The number of aryl methyl sites for hydroxylation is 1. The molecule has 25 heavy (non-hydrogen) atoms. The van der Waals surface area contributed by atoms with E-state index in [1.807, 2.05) is 17.9 Å². The molecule has 0 bridgehead atoms. The first-order valence-corrected chi connectivity index (χ1v) is 8.68. The highest BCUT2D eigenvalue weighted by atomic mass is 16.5. The van der Waals surface area contributed by atoms with E-state index in [0.29, 0.717) is 25.4 Å². The number of carbonyl (C=O) groups excluding carboxylic acids is 1. The summed E-state index contributed by atoms with van der Waals surface area (Å²) in [5.74, 6) is -0.0647. The average Bonchev–Trinajstić information content (AvgIpc) is 3.08. The number of ether oxygens (including phenoxy) is 1. The Morgan fingerprint density at radius 3 is 2.80 bits per heavy atom. The molecule has 1 aromatic heterocycles. The molecule has 1 aromatic carbocycles. The van der Waals surface area contributed by atoms with Crippen molar-refractivity contribution in [3.63, 3.8) is 0 Å². The topological polar surface area (TPSA) is 58.6 Å². The second kappa shape index (κ2) is 6.90. The first-order valence-electron chi connectivity index (χ1n) is 8.68. The highest BCUT2D eigenvalue weighted by Crippen LogP contribution is 2.25. The van der Waals surface area contributed by atoms with E-state index < -0.39 is 0 Å².